The van der Waals surface area contributed by atoms with Crippen LogP contribution in [-0.2, 0) is 6.61 Å². The summed E-state index contributed by atoms with van der Waals surface area (Å²) in [5.74, 6) is 1.53. The molecule has 2 aromatic rings. The number of aliphatic hydroxyl groups is 1. The predicted octanol–water partition coefficient (Wildman–Crippen LogP) is 2.61. The lowest BCUT2D eigenvalue weighted by molar-refractivity contribution is 0.246. The van der Waals surface area contributed by atoms with Gasteiger partial charge >= 0.3 is 0 Å². The van der Waals surface area contributed by atoms with Crippen molar-refractivity contribution in [3.8, 4) is 11.5 Å². The average Bonchev–Trinajstić information content (AvgIpc) is 2.47. The highest BCUT2D eigenvalue weighted by molar-refractivity contribution is 5.43. The summed E-state index contributed by atoms with van der Waals surface area (Å²) in [5, 5.41) is 9.03. The van der Waals surface area contributed by atoms with Crippen molar-refractivity contribution < 1.29 is 14.6 Å². The Labute approximate surface area is 118 Å². The minimum Gasteiger partial charge on any atom is -0.493 e. The van der Waals surface area contributed by atoms with Gasteiger partial charge < -0.3 is 20.3 Å². The maximum absolute atomic E-state index is 9.03. The third kappa shape index (κ3) is 4.48. The number of anilines is 1. The normalized spacial score (nSPS) is 10.2. The lowest BCUT2D eigenvalue weighted by Crippen LogP contribution is -2.05. The number of rotatable bonds is 7. The Morgan fingerprint density at radius 2 is 1.55 bits per heavy atom. The number of aliphatic hydroxyl groups excluding tert-OH is 1. The van der Waals surface area contributed by atoms with E-state index in [9.17, 15) is 0 Å². The summed E-state index contributed by atoms with van der Waals surface area (Å²) in [6.07, 6.45) is 0.776. The van der Waals surface area contributed by atoms with Crippen LogP contribution in [0.3, 0.4) is 0 Å². The summed E-state index contributed by atoms with van der Waals surface area (Å²) in [7, 11) is 0. The smallest absolute Gasteiger partial charge is 0.121 e. The quantitative estimate of drug-likeness (QED) is 0.601. The van der Waals surface area contributed by atoms with Gasteiger partial charge in [-0.2, -0.15) is 0 Å². The largest absolute Gasteiger partial charge is 0.493 e. The van der Waals surface area contributed by atoms with Crippen molar-refractivity contribution in [1.29, 1.82) is 0 Å². The molecule has 4 heteroatoms. The van der Waals surface area contributed by atoms with Gasteiger partial charge in [-0.25, -0.2) is 0 Å². The minimum absolute atomic E-state index is 0.0236. The van der Waals surface area contributed by atoms with Crippen LogP contribution in [0.1, 0.15) is 12.0 Å². The third-order valence-corrected chi connectivity index (χ3v) is 2.77. The van der Waals surface area contributed by atoms with Crippen LogP contribution in [-0.4, -0.2) is 18.3 Å². The standard InChI is InChI=1S/C16H19NO3/c17-14-5-2-7-16(11-14)20-9-3-8-19-15-6-1-4-13(10-15)12-18/h1-2,4-7,10-11,18H,3,8-9,12,17H2. The molecule has 0 heterocycles. The van der Waals surface area contributed by atoms with Crippen molar-refractivity contribution in [2.75, 3.05) is 18.9 Å². The highest BCUT2D eigenvalue weighted by atomic mass is 16.5. The Morgan fingerprint density at radius 3 is 2.20 bits per heavy atom. The second-order valence-electron chi connectivity index (χ2n) is 4.43. The topological polar surface area (TPSA) is 64.7 Å². The van der Waals surface area contributed by atoms with Crippen LogP contribution in [0.4, 0.5) is 5.69 Å². The summed E-state index contributed by atoms with van der Waals surface area (Å²) < 4.78 is 11.2. The molecule has 2 aromatic carbocycles. The number of nitrogens with two attached hydrogens (primary N) is 1. The van der Waals surface area contributed by atoms with Gasteiger partial charge in [0.25, 0.3) is 0 Å². The molecule has 0 aliphatic heterocycles. The first kappa shape index (κ1) is 14.2. The number of ether oxygens (including phenoxy) is 2. The molecule has 20 heavy (non-hydrogen) atoms. The first-order chi connectivity index (χ1) is 9.78. The van der Waals surface area contributed by atoms with Crippen molar-refractivity contribution >= 4 is 5.69 Å². The van der Waals surface area contributed by atoms with Gasteiger partial charge in [0.1, 0.15) is 11.5 Å². The van der Waals surface area contributed by atoms with Crippen LogP contribution in [0.15, 0.2) is 48.5 Å². The predicted molar refractivity (Wildman–Crippen MR) is 78.8 cm³/mol. The van der Waals surface area contributed by atoms with Crippen LogP contribution < -0.4 is 15.2 Å². The Hall–Kier alpha value is -2.20. The molecule has 0 aromatic heterocycles. The van der Waals surface area contributed by atoms with E-state index in [0.717, 1.165) is 23.5 Å². The molecule has 0 spiro atoms. The van der Waals surface area contributed by atoms with Gasteiger partial charge in [-0.3, -0.25) is 0 Å². The summed E-state index contributed by atoms with van der Waals surface area (Å²) >= 11 is 0. The molecule has 0 bridgehead atoms. The lowest BCUT2D eigenvalue weighted by atomic mass is 10.2. The van der Waals surface area contributed by atoms with Gasteiger partial charge in [-0.15, -0.1) is 0 Å². The highest BCUT2D eigenvalue weighted by Gasteiger charge is 1.97. The van der Waals surface area contributed by atoms with Gasteiger partial charge in [-0.1, -0.05) is 18.2 Å². The molecule has 0 unspecified atom stereocenters. The van der Waals surface area contributed by atoms with Crippen molar-refractivity contribution in [1.82, 2.24) is 0 Å². The Bertz CT molecular complexity index is 543. The zero-order valence-electron chi connectivity index (χ0n) is 11.3. The van der Waals surface area contributed by atoms with E-state index in [1.165, 1.54) is 0 Å². The second-order valence-corrected chi connectivity index (χ2v) is 4.43. The van der Waals surface area contributed by atoms with Crippen LogP contribution in [0.2, 0.25) is 0 Å². The van der Waals surface area contributed by atoms with Gasteiger partial charge in [0.05, 0.1) is 19.8 Å². The molecule has 2 rings (SSSR count). The zero-order valence-corrected chi connectivity index (χ0v) is 11.3. The molecule has 3 N–H and O–H groups in total. The van der Waals surface area contributed by atoms with Gasteiger partial charge in [0.15, 0.2) is 0 Å². The first-order valence-corrected chi connectivity index (χ1v) is 6.59. The summed E-state index contributed by atoms with van der Waals surface area (Å²) in [6.45, 7) is 1.16. The van der Waals surface area contributed by atoms with E-state index in [-0.39, 0.29) is 6.61 Å². The third-order valence-electron chi connectivity index (χ3n) is 2.77. The van der Waals surface area contributed by atoms with Crippen molar-refractivity contribution in [3.63, 3.8) is 0 Å². The van der Waals surface area contributed by atoms with E-state index < -0.39 is 0 Å². The summed E-state index contributed by atoms with van der Waals surface area (Å²) in [4.78, 5) is 0. The molecule has 0 atom stereocenters. The lowest BCUT2D eigenvalue weighted by Gasteiger charge is -2.09. The SMILES string of the molecule is Nc1cccc(OCCCOc2cccc(CO)c2)c1. The Morgan fingerprint density at radius 1 is 0.900 bits per heavy atom. The van der Waals surface area contributed by atoms with Crippen molar-refractivity contribution in [2.24, 2.45) is 0 Å². The van der Waals surface area contributed by atoms with Crippen LogP contribution >= 0.6 is 0 Å². The van der Waals surface area contributed by atoms with Crippen LogP contribution in [0.25, 0.3) is 0 Å². The fourth-order valence-corrected chi connectivity index (χ4v) is 1.78. The van der Waals surface area contributed by atoms with E-state index in [0.29, 0.717) is 18.9 Å². The van der Waals surface area contributed by atoms with Crippen LogP contribution in [0, 0.1) is 0 Å². The molecule has 106 valence electrons. The number of hydrogen-bond acceptors (Lipinski definition) is 4. The van der Waals surface area contributed by atoms with Crippen molar-refractivity contribution in [2.45, 2.75) is 13.0 Å². The van der Waals surface area contributed by atoms with E-state index in [1.54, 1.807) is 6.07 Å². The average molecular weight is 273 g/mol. The molecule has 0 fully saturated rings. The second kappa shape index (κ2) is 7.40. The maximum atomic E-state index is 9.03. The fraction of sp³-hybridized carbons (Fsp3) is 0.250. The highest BCUT2D eigenvalue weighted by Crippen LogP contribution is 2.15. The molecule has 0 saturated carbocycles. The molecule has 4 nitrogen and oxygen atoms in total. The fourth-order valence-electron chi connectivity index (χ4n) is 1.78. The number of nitrogen functional groups attached to an aromatic ring is 1. The van der Waals surface area contributed by atoms with Gasteiger partial charge in [0.2, 0.25) is 0 Å². The van der Waals surface area contributed by atoms with Crippen molar-refractivity contribution in [3.05, 3.63) is 54.1 Å². The zero-order chi connectivity index (χ0) is 14.2. The van der Waals surface area contributed by atoms with Crippen LogP contribution in [0.5, 0.6) is 11.5 Å². The van der Waals surface area contributed by atoms with E-state index in [2.05, 4.69) is 0 Å². The van der Waals surface area contributed by atoms with E-state index >= 15 is 0 Å². The molecule has 0 aliphatic rings. The molecule has 0 saturated heterocycles. The molecule has 0 amide bonds. The van der Waals surface area contributed by atoms with Gasteiger partial charge in [0, 0.05) is 18.2 Å². The molecule has 0 aliphatic carbocycles. The van der Waals surface area contributed by atoms with Gasteiger partial charge in [-0.05, 0) is 29.8 Å². The summed E-state index contributed by atoms with van der Waals surface area (Å²) in [6, 6.07) is 14.8. The van der Waals surface area contributed by atoms with E-state index in [1.807, 2.05) is 42.5 Å². The Kier molecular flexibility index (Phi) is 5.26. The molecule has 0 radical (unpaired) electrons. The monoisotopic (exact) mass is 273 g/mol. The minimum atomic E-state index is 0.0236. The first-order valence-electron chi connectivity index (χ1n) is 6.59. The molecular weight excluding hydrogens is 254 g/mol. The molecular formula is C16H19NO3. The Balaban J connectivity index is 1.68. The number of benzene rings is 2. The maximum Gasteiger partial charge on any atom is 0.121 e. The van der Waals surface area contributed by atoms with E-state index in [4.69, 9.17) is 20.3 Å². The summed E-state index contributed by atoms with van der Waals surface area (Å²) in [5.41, 5.74) is 7.21. The number of hydrogen-bond donors (Lipinski definition) is 2.